The maximum Gasteiger partial charge on any atom is 0.300 e. The van der Waals surface area contributed by atoms with Crippen molar-refractivity contribution in [3.8, 4) is 0 Å². The molecule has 1 amide bonds. The average Bonchev–Trinajstić information content (AvgIpc) is 3.24. The lowest BCUT2D eigenvalue weighted by atomic mass is 10.2. The molecule has 8 nitrogen and oxygen atoms in total. The predicted molar refractivity (Wildman–Crippen MR) is 92.6 cm³/mol. The zero-order valence-electron chi connectivity index (χ0n) is 14.3. The molecule has 0 atom stereocenters. The molecule has 0 spiro atoms. The van der Waals surface area contributed by atoms with E-state index >= 15 is 0 Å². The van der Waals surface area contributed by atoms with E-state index in [0.29, 0.717) is 49.0 Å². The molecule has 1 saturated heterocycles. The van der Waals surface area contributed by atoms with E-state index in [9.17, 15) is 4.79 Å². The Bertz CT molecular complexity index is 874. The summed E-state index contributed by atoms with van der Waals surface area (Å²) in [5.41, 5.74) is 2.89. The minimum absolute atomic E-state index is 0.0380. The molecular formula is C17H20N6O2. The van der Waals surface area contributed by atoms with E-state index in [1.165, 1.54) is 0 Å². The fourth-order valence-electron chi connectivity index (χ4n) is 3.14. The number of aromatic nitrogens is 4. The van der Waals surface area contributed by atoms with Gasteiger partial charge in [0.05, 0.1) is 11.8 Å². The van der Waals surface area contributed by atoms with Crippen LogP contribution in [0.5, 0.6) is 0 Å². The number of carbonyl (C=O) groups excluding carboxylic acids is 1. The Morgan fingerprint density at radius 2 is 2.08 bits per heavy atom. The van der Waals surface area contributed by atoms with Crippen molar-refractivity contribution in [2.24, 2.45) is 0 Å². The first kappa shape index (κ1) is 15.6. The third-order valence-electron chi connectivity index (χ3n) is 4.62. The molecule has 1 aliphatic heterocycles. The Balaban J connectivity index is 1.45. The van der Waals surface area contributed by atoms with E-state index in [1.54, 1.807) is 12.4 Å². The number of rotatable bonds is 3. The van der Waals surface area contributed by atoms with Crippen molar-refractivity contribution in [3.63, 3.8) is 0 Å². The summed E-state index contributed by atoms with van der Waals surface area (Å²) in [5, 5.41) is 4.26. The standard InChI is InChI=1S/C17H20N6O2/c1-3-23-12(2)13(11-19-23)16(24)21-7-9-22(10-8-21)17-20-15-14(25-17)5-4-6-18-15/h4-6,11H,3,7-10H2,1-2H3. The summed E-state index contributed by atoms with van der Waals surface area (Å²) in [6.45, 7) is 7.33. The van der Waals surface area contributed by atoms with Crippen LogP contribution in [0.25, 0.3) is 11.2 Å². The molecule has 0 aromatic carbocycles. The molecule has 1 fully saturated rings. The molecular weight excluding hydrogens is 320 g/mol. The van der Waals surface area contributed by atoms with Gasteiger partial charge in [-0.2, -0.15) is 10.1 Å². The molecule has 0 saturated carbocycles. The Morgan fingerprint density at radius 3 is 2.76 bits per heavy atom. The molecule has 3 aromatic heterocycles. The van der Waals surface area contributed by atoms with Crippen LogP contribution in [0.15, 0.2) is 28.9 Å². The fraction of sp³-hybridized carbons (Fsp3) is 0.412. The van der Waals surface area contributed by atoms with Gasteiger partial charge in [0.2, 0.25) is 5.65 Å². The second kappa shape index (κ2) is 6.19. The van der Waals surface area contributed by atoms with Crippen molar-refractivity contribution in [2.45, 2.75) is 20.4 Å². The maximum atomic E-state index is 12.7. The molecule has 0 N–H and O–H groups in total. The van der Waals surface area contributed by atoms with Gasteiger partial charge in [-0.1, -0.05) is 0 Å². The maximum absolute atomic E-state index is 12.7. The average molecular weight is 340 g/mol. The van der Waals surface area contributed by atoms with E-state index in [-0.39, 0.29) is 5.91 Å². The first-order valence-electron chi connectivity index (χ1n) is 8.45. The van der Waals surface area contributed by atoms with Crippen LogP contribution in [0.1, 0.15) is 23.0 Å². The quantitative estimate of drug-likeness (QED) is 0.722. The van der Waals surface area contributed by atoms with Crippen LogP contribution in [-0.4, -0.2) is 56.7 Å². The van der Waals surface area contributed by atoms with Gasteiger partial charge in [-0.15, -0.1) is 0 Å². The highest BCUT2D eigenvalue weighted by atomic mass is 16.4. The monoisotopic (exact) mass is 340 g/mol. The van der Waals surface area contributed by atoms with E-state index in [0.717, 1.165) is 12.2 Å². The van der Waals surface area contributed by atoms with Crippen molar-refractivity contribution < 1.29 is 9.21 Å². The summed E-state index contributed by atoms with van der Waals surface area (Å²) in [6, 6.07) is 4.25. The number of pyridine rings is 1. The number of hydrogen-bond donors (Lipinski definition) is 0. The molecule has 0 unspecified atom stereocenters. The lowest BCUT2D eigenvalue weighted by Crippen LogP contribution is -2.49. The third kappa shape index (κ3) is 2.73. The smallest absolute Gasteiger partial charge is 0.300 e. The first-order chi connectivity index (χ1) is 12.2. The predicted octanol–water partition coefficient (Wildman–Crippen LogP) is 1.71. The van der Waals surface area contributed by atoms with E-state index < -0.39 is 0 Å². The van der Waals surface area contributed by atoms with Crippen molar-refractivity contribution in [1.82, 2.24) is 24.6 Å². The van der Waals surface area contributed by atoms with Gasteiger partial charge < -0.3 is 14.2 Å². The number of amides is 1. The Morgan fingerprint density at radius 1 is 1.28 bits per heavy atom. The van der Waals surface area contributed by atoms with Gasteiger partial charge in [0, 0.05) is 44.6 Å². The number of fused-ring (bicyclic) bond motifs is 1. The Hall–Kier alpha value is -2.90. The van der Waals surface area contributed by atoms with Gasteiger partial charge >= 0.3 is 0 Å². The lowest BCUT2D eigenvalue weighted by Gasteiger charge is -2.33. The van der Waals surface area contributed by atoms with Crippen LogP contribution in [-0.2, 0) is 6.54 Å². The summed E-state index contributed by atoms with van der Waals surface area (Å²) in [5.74, 6) is 0.0380. The van der Waals surface area contributed by atoms with Gasteiger partial charge in [0.15, 0.2) is 5.58 Å². The van der Waals surface area contributed by atoms with Crippen LogP contribution >= 0.6 is 0 Å². The highest BCUT2D eigenvalue weighted by molar-refractivity contribution is 5.95. The highest BCUT2D eigenvalue weighted by Gasteiger charge is 2.26. The molecule has 0 radical (unpaired) electrons. The zero-order chi connectivity index (χ0) is 17.4. The second-order valence-corrected chi connectivity index (χ2v) is 6.06. The van der Waals surface area contributed by atoms with E-state index in [4.69, 9.17) is 4.42 Å². The summed E-state index contributed by atoms with van der Waals surface area (Å²) >= 11 is 0. The molecule has 0 bridgehead atoms. The minimum Gasteiger partial charge on any atom is -0.422 e. The molecule has 1 aliphatic rings. The molecule has 4 rings (SSSR count). The normalized spacial score (nSPS) is 15.1. The summed E-state index contributed by atoms with van der Waals surface area (Å²) in [6.07, 6.45) is 3.37. The van der Waals surface area contributed by atoms with Crippen LogP contribution in [0.4, 0.5) is 6.01 Å². The molecule has 0 aliphatic carbocycles. The SMILES string of the molecule is CCn1ncc(C(=O)N2CCN(c3nc4ncccc4o3)CC2)c1C. The summed E-state index contributed by atoms with van der Waals surface area (Å²) < 4.78 is 7.60. The topological polar surface area (TPSA) is 80.3 Å². The zero-order valence-corrected chi connectivity index (χ0v) is 14.3. The van der Waals surface area contributed by atoms with Crippen molar-refractivity contribution in [3.05, 3.63) is 35.8 Å². The minimum atomic E-state index is 0.0380. The van der Waals surface area contributed by atoms with Crippen LogP contribution in [0.2, 0.25) is 0 Å². The molecule has 25 heavy (non-hydrogen) atoms. The van der Waals surface area contributed by atoms with Gasteiger partial charge in [-0.05, 0) is 26.0 Å². The Labute approximate surface area is 145 Å². The second-order valence-electron chi connectivity index (χ2n) is 6.06. The van der Waals surface area contributed by atoms with Crippen molar-refractivity contribution >= 4 is 23.2 Å². The Kier molecular flexibility index (Phi) is 3.87. The van der Waals surface area contributed by atoms with Crippen LogP contribution in [0.3, 0.4) is 0 Å². The number of piperazine rings is 1. The number of carbonyl (C=O) groups is 1. The highest BCUT2D eigenvalue weighted by Crippen LogP contribution is 2.22. The number of hydrogen-bond acceptors (Lipinski definition) is 6. The number of anilines is 1. The number of nitrogens with zero attached hydrogens (tertiary/aromatic N) is 6. The van der Waals surface area contributed by atoms with E-state index in [2.05, 4.69) is 15.1 Å². The summed E-state index contributed by atoms with van der Waals surface area (Å²) in [4.78, 5) is 25.3. The van der Waals surface area contributed by atoms with Gasteiger partial charge in [-0.25, -0.2) is 4.98 Å². The fourth-order valence-corrected chi connectivity index (χ4v) is 3.14. The van der Waals surface area contributed by atoms with Gasteiger partial charge in [-0.3, -0.25) is 9.48 Å². The molecule has 4 heterocycles. The molecule has 3 aromatic rings. The number of aryl methyl sites for hydroxylation is 1. The summed E-state index contributed by atoms with van der Waals surface area (Å²) in [7, 11) is 0. The molecule has 130 valence electrons. The lowest BCUT2D eigenvalue weighted by molar-refractivity contribution is 0.0744. The van der Waals surface area contributed by atoms with Crippen molar-refractivity contribution in [1.29, 1.82) is 0 Å². The van der Waals surface area contributed by atoms with Crippen LogP contribution < -0.4 is 4.90 Å². The largest absolute Gasteiger partial charge is 0.422 e. The van der Waals surface area contributed by atoms with Crippen LogP contribution in [0, 0.1) is 6.92 Å². The van der Waals surface area contributed by atoms with Gasteiger partial charge in [0.25, 0.3) is 11.9 Å². The van der Waals surface area contributed by atoms with E-state index in [1.807, 2.05) is 40.5 Å². The third-order valence-corrected chi connectivity index (χ3v) is 4.62. The first-order valence-corrected chi connectivity index (χ1v) is 8.45. The number of oxazole rings is 1. The van der Waals surface area contributed by atoms with Gasteiger partial charge in [0.1, 0.15) is 0 Å². The molecule has 8 heteroatoms. The van der Waals surface area contributed by atoms with Crippen molar-refractivity contribution in [2.75, 3.05) is 31.1 Å².